The molecule has 60 valence electrons. The van der Waals surface area contributed by atoms with E-state index in [1.807, 2.05) is 0 Å². The van der Waals surface area contributed by atoms with Gasteiger partial charge in [0.1, 0.15) is 0 Å². The number of hydrogen-bond acceptors (Lipinski definition) is 0. The molecule has 0 heteroatoms. The summed E-state index contributed by atoms with van der Waals surface area (Å²) in [4.78, 5) is 0. The lowest BCUT2D eigenvalue weighted by Gasteiger charge is -2.09. The normalized spacial score (nSPS) is 10.5. The number of aryl methyl sites for hydroxylation is 1. The molecule has 0 saturated carbocycles. The van der Waals surface area contributed by atoms with Crippen LogP contribution in [0.15, 0.2) is 24.3 Å². The highest BCUT2D eigenvalue weighted by atomic mass is 14.1. The van der Waals surface area contributed by atoms with Crippen LogP contribution in [0.2, 0.25) is 0 Å². The molecule has 0 nitrogen and oxygen atoms in total. The zero-order valence-corrected chi connectivity index (χ0v) is 7.59. The smallest absolute Gasteiger partial charge is 0.0216 e. The molecule has 0 radical (unpaired) electrons. The Morgan fingerprint density at radius 1 is 1.18 bits per heavy atom. The fourth-order valence-corrected chi connectivity index (χ4v) is 1.42. The van der Waals surface area contributed by atoms with Gasteiger partial charge in [0.25, 0.3) is 0 Å². The highest BCUT2D eigenvalue weighted by molar-refractivity contribution is 5.29. The maximum atomic E-state index is 2.24. The molecule has 1 aromatic carbocycles. The second-order valence-electron chi connectivity index (χ2n) is 3.21. The maximum Gasteiger partial charge on any atom is -0.0216 e. The summed E-state index contributed by atoms with van der Waals surface area (Å²) in [7, 11) is 0. The van der Waals surface area contributed by atoms with Crippen LogP contribution in [0, 0.1) is 0 Å². The molecule has 1 rings (SSSR count). The molecule has 0 amide bonds. The van der Waals surface area contributed by atoms with Gasteiger partial charge in [-0.2, -0.15) is 0 Å². The van der Waals surface area contributed by atoms with Crippen LogP contribution in [-0.2, 0) is 6.42 Å². The van der Waals surface area contributed by atoms with Gasteiger partial charge in [-0.3, -0.25) is 0 Å². The van der Waals surface area contributed by atoms with E-state index in [4.69, 9.17) is 0 Å². The van der Waals surface area contributed by atoms with Crippen LogP contribution < -0.4 is 0 Å². The SMILES string of the molecule is CCc1ccccc1C(C)C. The van der Waals surface area contributed by atoms with Gasteiger partial charge in [0.2, 0.25) is 0 Å². The first kappa shape index (κ1) is 8.32. The van der Waals surface area contributed by atoms with E-state index in [9.17, 15) is 0 Å². The standard InChI is InChI=1S/C11H16/c1-4-10-7-5-6-8-11(10)9(2)3/h5-9H,4H2,1-3H3. The second kappa shape index (κ2) is 3.56. The molecule has 0 aliphatic heterocycles. The first-order valence-corrected chi connectivity index (χ1v) is 4.33. The van der Waals surface area contributed by atoms with E-state index >= 15 is 0 Å². The molecule has 0 aliphatic carbocycles. The molecule has 0 fully saturated rings. The average molecular weight is 148 g/mol. The molecule has 0 spiro atoms. The molecule has 0 bridgehead atoms. The van der Waals surface area contributed by atoms with E-state index in [0.29, 0.717) is 5.92 Å². The third kappa shape index (κ3) is 1.83. The maximum absolute atomic E-state index is 2.24. The summed E-state index contributed by atoms with van der Waals surface area (Å²) in [5, 5.41) is 0. The second-order valence-corrected chi connectivity index (χ2v) is 3.21. The van der Waals surface area contributed by atoms with E-state index in [0.717, 1.165) is 6.42 Å². The number of rotatable bonds is 2. The third-order valence-corrected chi connectivity index (χ3v) is 2.06. The molecular formula is C11H16. The van der Waals surface area contributed by atoms with Gasteiger partial charge in [-0.1, -0.05) is 45.0 Å². The molecular weight excluding hydrogens is 132 g/mol. The Kier molecular flexibility index (Phi) is 2.70. The Labute approximate surface area is 69.3 Å². The minimum Gasteiger partial charge on any atom is -0.0620 e. The van der Waals surface area contributed by atoms with Gasteiger partial charge in [-0.05, 0) is 23.5 Å². The van der Waals surface area contributed by atoms with Crippen LogP contribution in [0.25, 0.3) is 0 Å². The van der Waals surface area contributed by atoms with E-state index in [1.54, 1.807) is 0 Å². The number of hydrogen-bond donors (Lipinski definition) is 0. The van der Waals surface area contributed by atoms with Crippen LogP contribution in [0.3, 0.4) is 0 Å². The topological polar surface area (TPSA) is 0 Å². The minimum absolute atomic E-state index is 0.658. The van der Waals surface area contributed by atoms with E-state index in [1.165, 1.54) is 11.1 Å². The van der Waals surface area contributed by atoms with Gasteiger partial charge in [0, 0.05) is 0 Å². The van der Waals surface area contributed by atoms with Crippen LogP contribution in [0.1, 0.15) is 37.8 Å². The monoisotopic (exact) mass is 148 g/mol. The van der Waals surface area contributed by atoms with Gasteiger partial charge in [-0.25, -0.2) is 0 Å². The molecule has 0 aromatic heterocycles. The minimum atomic E-state index is 0.658. The fourth-order valence-electron chi connectivity index (χ4n) is 1.42. The van der Waals surface area contributed by atoms with E-state index in [2.05, 4.69) is 45.0 Å². The molecule has 0 N–H and O–H groups in total. The number of benzene rings is 1. The Balaban J connectivity index is 3.02. The lowest BCUT2D eigenvalue weighted by molar-refractivity contribution is 0.844. The van der Waals surface area contributed by atoms with Crippen molar-refractivity contribution in [1.82, 2.24) is 0 Å². The van der Waals surface area contributed by atoms with Crippen molar-refractivity contribution in [3.63, 3.8) is 0 Å². The van der Waals surface area contributed by atoms with Crippen LogP contribution in [-0.4, -0.2) is 0 Å². The van der Waals surface area contributed by atoms with Gasteiger partial charge in [-0.15, -0.1) is 0 Å². The van der Waals surface area contributed by atoms with Gasteiger partial charge in [0.05, 0.1) is 0 Å². The third-order valence-electron chi connectivity index (χ3n) is 2.06. The lowest BCUT2D eigenvalue weighted by atomic mass is 9.96. The van der Waals surface area contributed by atoms with Crippen molar-refractivity contribution in [2.75, 3.05) is 0 Å². The van der Waals surface area contributed by atoms with Crippen LogP contribution in [0.4, 0.5) is 0 Å². The van der Waals surface area contributed by atoms with Gasteiger partial charge < -0.3 is 0 Å². The van der Waals surface area contributed by atoms with Crippen molar-refractivity contribution in [3.05, 3.63) is 35.4 Å². The Hall–Kier alpha value is -0.780. The van der Waals surface area contributed by atoms with Crippen molar-refractivity contribution in [2.45, 2.75) is 33.1 Å². The summed E-state index contributed by atoms with van der Waals surface area (Å²) in [6.45, 7) is 6.70. The summed E-state index contributed by atoms with van der Waals surface area (Å²) in [6.07, 6.45) is 1.15. The van der Waals surface area contributed by atoms with Crippen LogP contribution >= 0.6 is 0 Å². The van der Waals surface area contributed by atoms with Crippen LogP contribution in [0.5, 0.6) is 0 Å². The summed E-state index contributed by atoms with van der Waals surface area (Å²) in [5.74, 6) is 0.658. The van der Waals surface area contributed by atoms with Gasteiger partial charge >= 0.3 is 0 Å². The van der Waals surface area contributed by atoms with Crippen molar-refractivity contribution >= 4 is 0 Å². The predicted molar refractivity (Wildman–Crippen MR) is 49.9 cm³/mol. The average Bonchev–Trinajstić information content (AvgIpc) is 2.04. The van der Waals surface area contributed by atoms with Crippen molar-refractivity contribution < 1.29 is 0 Å². The van der Waals surface area contributed by atoms with E-state index in [-0.39, 0.29) is 0 Å². The molecule has 0 atom stereocenters. The summed E-state index contributed by atoms with van der Waals surface area (Å²) in [5.41, 5.74) is 2.98. The Morgan fingerprint density at radius 3 is 2.27 bits per heavy atom. The molecule has 0 heterocycles. The van der Waals surface area contributed by atoms with Crippen molar-refractivity contribution in [2.24, 2.45) is 0 Å². The Morgan fingerprint density at radius 2 is 1.82 bits per heavy atom. The zero-order chi connectivity index (χ0) is 8.27. The quantitative estimate of drug-likeness (QED) is 0.603. The summed E-state index contributed by atoms with van der Waals surface area (Å²) < 4.78 is 0. The summed E-state index contributed by atoms with van der Waals surface area (Å²) >= 11 is 0. The lowest BCUT2D eigenvalue weighted by Crippen LogP contribution is -1.93. The first-order valence-electron chi connectivity index (χ1n) is 4.33. The molecule has 0 unspecified atom stereocenters. The molecule has 1 aromatic rings. The highest BCUT2D eigenvalue weighted by Crippen LogP contribution is 2.18. The highest BCUT2D eigenvalue weighted by Gasteiger charge is 2.02. The van der Waals surface area contributed by atoms with Gasteiger partial charge in [0.15, 0.2) is 0 Å². The molecule has 0 saturated heterocycles. The first-order chi connectivity index (χ1) is 5.25. The molecule has 0 aliphatic rings. The zero-order valence-electron chi connectivity index (χ0n) is 7.59. The van der Waals surface area contributed by atoms with E-state index < -0.39 is 0 Å². The fraction of sp³-hybridized carbons (Fsp3) is 0.455. The predicted octanol–water partition coefficient (Wildman–Crippen LogP) is 3.37. The van der Waals surface area contributed by atoms with Crippen molar-refractivity contribution in [1.29, 1.82) is 0 Å². The Bertz CT molecular complexity index is 223. The molecule has 11 heavy (non-hydrogen) atoms. The largest absolute Gasteiger partial charge is 0.0620 e. The van der Waals surface area contributed by atoms with Crippen molar-refractivity contribution in [3.8, 4) is 0 Å². The summed E-state index contributed by atoms with van der Waals surface area (Å²) in [6, 6.07) is 8.68.